The highest BCUT2D eigenvalue weighted by atomic mass is 16.5. The zero-order chi connectivity index (χ0) is 13.7. The van der Waals surface area contributed by atoms with E-state index in [2.05, 4.69) is 40.3 Å². The molecule has 0 spiro atoms. The predicted octanol–water partition coefficient (Wildman–Crippen LogP) is 1.52. The monoisotopic (exact) mass is 272 g/mol. The molecule has 3 heterocycles. The summed E-state index contributed by atoms with van der Waals surface area (Å²) in [5.41, 5.74) is 1.51. The van der Waals surface area contributed by atoms with Crippen molar-refractivity contribution in [2.45, 2.75) is 30.5 Å². The maximum atomic E-state index is 11.1. The van der Waals surface area contributed by atoms with E-state index in [0.29, 0.717) is 13.2 Å². The molecule has 2 fully saturated rings. The molecule has 2 atom stereocenters. The van der Waals surface area contributed by atoms with Gasteiger partial charge in [-0.2, -0.15) is 0 Å². The lowest BCUT2D eigenvalue weighted by Crippen LogP contribution is -2.58. The fourth-order valence-electron chi connectivity index (χ4n) is 3.72. The van der Waals surface area contributed by atoms with Gasteiger partial charge in [-0.25, -0.2) is 0 Å². The quantitative estimate of drug-likeness (QED) is 0.827. The Morgan fingerprint density at radius 2 is 2.00 bits per heavy atom. The molecule has 2 aliphatic heterocycles. The van der Waals surface area contributed by atoms with Crippen LogP contribution in [0.3, 0.4) is 0 Å². The lowest BCUT2D eigenvalue weighted by Gasteiger charge is -2.45. The van der Waals surface area contributed by atoms with Crippen LogP contribution < -0.4 is 5.32 Å². The van der Waals surface area contributed by atoms with Gasteiger partial charge in [0.2, 0.25) is 0 Å². The second-order valence-corrected chi connectivity index (χ2v) is 6.24. The van der Waals surface area contributed by atoms with Crippen molar-refractivity contribution in [1.29, 1.82) is 0 Å². The summed E-state index contributed by atoms with van der Waals surface area (Å²) in [4.78, 5) is 0. The number of hydrogen-bond acceptors (Lipinski definition) is 3. The molecular weight excluding hydrogens is 252 g/mol. The molecule has 1 aromatic heterocycles. The number of nitrogens with zero attached hydrogens (tertiary/aromatic N) is 1. The first-order valence-electron chi connectivity index (χ1n) is 7.26. The average molecular weight is 272 g/mol. The lowest BCUT2D eigenvalue weighted by atomic mass is 9.78. The van der Waals surface area contributed by atoms with Gasteiger partial charge in [0.05, 0.1) is 18.8 Å². The number of aliphatic hydroxyl groups is 1. The molecule has 4 heteroatoms. The highest BCUT2D eigenvalue weighted by Crippen LogP contribution is 2.37. The van der Waals surface area contributed by atoms with Gasteiger partial charge in [-0.15, -0.1) is 0 Å². The Balaban J connectivity index is 1.73. The van der Waals surface area contributed by atoms with Gasteiger partial charge in [0.25, 0.3) is 0 Å². The predicted molar refractivity (Wildman–Crippen MR) is 77.6 cm³/mol. The maximum Gasteiger partial charge on any atom is 0.0928 e. The number of aromatic nitrogens is 1. The van der Waals surface area contributed by atoms with Crippen LogP contribution in [0.2, 0.25) is 0 Å². The van der Waals surface area contributed by atoms with Crippen LogP contribution in [0.1, 0.15) is 18.4 Å². The van der Waals surface area contributed by atoms with Crippen molar-refractivity contribution in [3.63, 3.8) is 0 Å². The molecule has 4 nitrogen and oxygen atoms in total. The molecule has 2 unspecified atom stereocenters. The SMILES string of the molecule is Cn1ccc2cc(C3(O)CC4COCC(C3)N4)ccc21. The fourth-order valence-corrected chi connectivity index (χ4v) is 3.72. The molecule has 4 rings (SSSR count). The number of hydrogen-bond donors (Lipinski definition) is 2. The van der Waals surface area contributed by atoms with Crippen LogP contribution in [0.5, 0.6) is 0 Å². The molecule has 20 heavy (non-hydrogen) atoms. The van der Waals surface area contributed by atoms with Gasteiger partial charge in [0.1, 0.15) is 0 Å². The highest BCUT2D eigenvalue weighted by Gasteiger charge is 2.42. The van der Waals surface area contributed by atoms with Crippen molar-refractivity contribution in [3.05, 3.63) is 36.0 Å². The van der Waals surface area contributed by atoms with Crippen molar-refractivity contribution >= 4 is 10.9 Å². The van der Waals surface area contributed by atoms with Gasteiger partial charge in [0, 0.05) is 30.8 Å². The van der Waals surface area contributed by atoms with E-state index in [1.54, 1.807) is 0 Å². The minimum absolute atomic E-state index is 0.263. The Hall–Kier alpha value is -1.36. The Kier molecular flexibility index (Phi) is 2.67. The number of fused-ring (bicyclic) bond motifs is 3. The van der Waals surface area contributed by atoms with Crippen LogP contribution in [-0.2, 0) is 17.4 Å². The first kappa shape index (κ1) is 12.4. The van der Waals surface area contributed by atoms with E-state index in [9.17, 15) is 5.11 Å². The van der Waals surface area contributed by atoms with Gasteiger partial charge in [-0.1, -0.05) is 6.07 Å². The van der Waals surface area contributed by atoms with Crippen LogP contribution in [0, 0.1) is 0 Å². The van der Waals surface area contributed by atoms with Gasteiger partial charge in [-0.3, -0.25) is 0 Å². The Morgan fingerprint density at radius 3 is 2.75 bits per heavy atom. The topological polar surface area (TPSA) is 46.4 Å². The Bertz CT molecular complexity index is 637. The summed E-state index contributed by atoms with van der Waals surface area (Å²) < 4.78 is 7.67. The summed E-state index contributed by atoms with van der Waals surface area (Å²) in [5, 5.41) is 15.8. The first-order chi connectivity index (χ1) is 9.64. The second-order valence-electron chi connectivity index (χ2n) is 6.24. The number of nitrogens with one attached hydrogen (secondary N) is 1. The fraction of sp³-hybridized carbons (Fsp3) is 0.500. The van der Waals surface area contributed by atoms with E-state index >= 15 is 0 Å². The normalized spacial score (nSPS) is 33.5. The van der Waals surface area contributed by atoms with E-state index in [-0.39, 0.29) is 12.1 Å². The van der Waals surface area contributed by atoms with Gasteiger partial charge in [-0.05, 0) is 42.0 Å². The lowest BCUT2D eigenvalue weighted by molar-refractivity contribution is -0.0801. The zero-order valence-electron chi connectivity index (χ0n) is 11.7. The molecule has 2 saturated heterocycles. The molecule has 0 amide bonds. The van der Waals surface area contributed by atoms with Crippen LogP contribution in [0.25, 0.3) is 10.9 Å². The van der Waals surface area contributed by atoms with Crippen LogP contribution in [0.4, 0.5) is 0 Å². The standard InChI is InChI=1S/C16H20N2O2/c1-18-5-4-11-6-12(2-3-15(11)18)16(19)7-13-9-20-10-14(8-16)17-13/h2-6,13-14,17,19H,7-10H2,1H3. The number of rotatable bonds is 1. The van der Waals surface area contributed by atoms with Crippen molar-refractivity contribution < 1.29 is 9.84 Å². The number of morpholine rings is 1. The van der Waals surface area contributed by atoms with E-state index in [0.717, 1.165) is 18.4 Å². The maximum absolute atomic E-state index is 11.1. The largest absolute Gasteiger partial charge is 0.385 e. The van der Waals surface area contributed by atoms with E-state index in [4.69, 9.17) is 4.74 Å². The van der Waals surface area contributed by atoms with E-state index in [1.165, 1.54) is 10.9 Å². The molecule has 106 valence electrons. The summed E-state index contributed by atoms with van der Waals surface area (Å²) in [5.74, 6) is 0. The summed E-state index contributed by atoms with van der Waals surface area (Å²) in [6.45, 7) is 1.40. The Morgan fingerprint density at radius 1 is 1.25 bits per heavy atom. The van der Waals surface area contributed by atoms with Gasteiger partial charge < -0.3 is 19.7 Å². The summed E-state index contributed by atoms with van der Waals surface area (Å²) in [6, 6.07) is 8.95. The molecule has 2 N–H and O–H groups in total. The number of benzene rings is 1. The molecule has 2 bridgehead atoms. The van der Waals surface area contributed by atoms with Crippen LogP contribution in [-0.4, -0.2) is 35.0 Å². The Labute approximate surface area is 118 Å². The van der Waals surface area contributed by atoms with Crippen molar-refractivity contribution in [1.82, 2.24) is 9.88 Å². The van der Waals surface area contributed by atoms with Gasteiger partial charge >= 0.3 is 0 Å². The molecular formula is C16H20N2O2. The third kappa shape index (κ3) is 1.87. The third-order valence-corrected chi connectivity index (χ3v) is 4.70. The minimum atomic E-state index is -0.728. The minimum Gasteiger partial charge on any atom is -0.385 e. The van der Waals surface area contributed by atoms with E-state index < -0.39 is 5.60 Å². The summed E-state index contributed by atoms with van der Waals surface area (Å²) >= 11 is 0. The number of aryl methyl sites for hydroxylation is 1. The molecule has 0 saturated carbocycles. The van der Waals surface area contributed by atoms with Crippen molar-refractivity contribution in [2.24, 2.45) is 7.05 Å². The zero-order valence-corrected chi connectivity index (χ0v) is 11.7. The number of piperidine rings is 1. The summed E-state index contributed by atoms with van der Waals surface area (Å²) in [6.07, 6.45) is 3.51. The molecule has 0 radical (unpaired) electrons. The first-order valence-corrected chi connectivity index (χ1v) is 7.26. The third-order valence-electron chi connectivity index (χ3n) is 4.70. The molecule has 2 aromatic rings. The van der Waals surface area contributed by atoms with Crippen molar-refractivity contribution in [2.75, 3.05) is 13.2 Å². The average Bonchev–Trinajstić information content (AvgIpc) is 2.79. The molecule has 2 aliphatic rings. The molecule has 0 aliphatic carbocycles. The van der Waals surface area contributed by atoms with Crippen LogP contribution in [0.15, 0.2) is 30.5 Å². The smallest absolute Gasteiger partial charge is 0.0928 e. The van der Waals surface area contributed by atoms with Gasteiger partial charge in [0.15, 0.2) is 0 Å². The highest BCUT2D eigenvalue weighted by molar-refractivity contribution is 5.81. The second kappa shape index (κ2) is 4.32. The number of ether oxygens (including phenoxy) is 1. The van der Waals surface area contributed by atoms with E-state index in [1.807, 2.05) is 7.05 Å². The molecule has 1 aromatic carbocycles. The van der Waals surface area contributed by atoms with Crippen LogP contribution >= 0.6 is 0 Å². The van der Waals surface area contributed by atoms with Crippen molar-refractivity contribution in [3.8, 4) is 0 Å². The summed E-state index contributed by atoms with van der Waals surface area (Å²) in [7, 11) is 2.04.